The van der Waals surface area contributed by atoms with Crippen molar-refractivity contribution in [3.63, 3.8) is 0 Å². The first-order valence-corrected chi connectivity index (χ1v) is 6.15. The Morgan fingerprint density at radius 1 is 1.36 bits per heavy atom. The number of aliphatic hydroxyl groups is 1. The molecule has 76 valence electrons. The Hall–Kier alpha value is -0.470. The van der Waals surface area contributed by atoms with Gasteiger partial charge in [0.25, 0.3) is 0 Å². The molecule has 0 saturated carbocycles. The van der Waals surface area contributed by atoms with Gasteiger partial charge in [0, 0.05) is 5.75 Å². The van der Waals surface area contributed by atoms with E-state index in [9.17, 15) is 5.11 Å². The lowest BCUT2D eigenvalue weighted by Crippen LogP contribution is -2.25. The van der Waals surface area contributed by atoms with Gasteiger partial charge in [-0.3, -0.25) is 0 Å². The maximum absolute atomic E-state index is 10.4. The minimum Gasteiger partial charge on any atom is -0.384 e. The molecule has 1 unspecified atom stereocenters. The van der Waals surface area contributed by atoms with E-state index in [1.54, 1.807) is 0 Å². The van der Waals surface area contributed by atoms with Crippen molar-refractivity contribution >= 4 is 11.8 Å². The molecule has 14 heavy (non-hydrogen) atoms. The lowest BCUT2D eigenvalue weighted by molar-refractivity contribution is 0.0651. The highest BCUT2D eigenvalue weighted by Gasteiger charge is 2.34. The van der Waals surface area contributed by atoms with Crippen LogP contribution < -0.4 is 0 Å². The molecule has 0 aliphatic carbocycles. The van der Waals surface area contributed by atoms with Gasteiger partial charge in [0.2, 0.25) is 0 Å². The first-order valence-electron chi connectivity index (χ1n) is 5.00. The number of thioether (sulfide) groups is 1. The van der Waals surface area contributed by atoms with Crippen LogP contribution in [0.25, 0.3) is 0 Å². The van der Waals surface area contributed by atoms with E-state index in [2.05, 4.69) is 32.0 Å². The Kier molecular flexibility index (Phi) is 2.58. The zero-order valence-corrected chi connectivity index (χ0v) is 9.53. The molecule has 0 spiro atoms. The van der Waals surface area contributed by atoms with Crippen molar-refractivity contribution in [3.05, 3.63) is 34.9 Å². The molecule has 1 atom stereocenters. The number of aryl methyl sites for hydroxylation is 2. The zero-order valence-electron chi connectivity index (χ0n) is 8.71. The maximum atomic E-state index is 10.4. The summed E-state index contributed by atoms with van der Waals surface area (Å²) in [7, 11) is 0. The first-order chi connectivity index (χ1) is 6.62. The number of hydrogen-bond donors (Lipinski definition) is 1. The van der Waals surface area contributed by atoms with E-state index in [0.717, 1.165) is 23.5 Å². The number of benzene rings is 1. The SMILES string of the molecule is Cc1ccc(C2(O)CCSC2)c(C)c1. The van der Waals surface area contributed by atoms with Crippen LogP contribution in [0.4, 0.5) is 0 Å². The van der Waals surface area contributed by atoms with Gasteiger partial charge in [-0.2, -0.15) is 11.8 Å². The fraction of sp³-hybridized carbons (Fsp3) is 0.500. The largest absolute Gasteiger partial charge is 0.384 e. The van der Waals surface area contributed by atoms with Crippen molar-refractivity contribution < 1.29 is 5.11 Å². The summed E-state index contributed by atoms with van der Waals surface area (Å²) >= 11 is 1.84. The second-order valence-electron chi connectivity index (χ2n) is 4.15. The summed E-state index contributed by atoms with van der Waals surface area (Å²) in [6, 6.07) is 6.32. The van der Waals surface area contributed by atoms with E-state index >= 15 is 0 Å². The maximum Gasteiger partial charge on any atom is 0.0996 e. The van der Waals surface area contributed by atoms with Crippen molar-refractivity contribution in [2.45, 2.75) is 25.9 Å². The van der Waals surface area contributed by atoms with Gasteiger partial charge in [-0.25, -0.2) is 0 Å². The van der Waals surface area contributed by atoms with Crippen molar-refractivity contribution in [3.8, 4) is 0 Å². The molecule has 1 aliphatic heterocycles. The average molecular weight is 208 g/mol. The van der Waals surface area contributed by atoms with E-state index < -0.39 is 5.60 Å². The highest BCUT2D eigenvalue weighted by molar-refractivity contribution is 7.99. The summed E-state index contributed by atoms with van der Waals surface area (Å²) in [5.74, 6) is 1.92. The molecule has 1 aromatic carbocycles. The van der Waals surface area contributed by atoms with Gasteiger partial charge in [0.1, 0.15) is 0 Å². The van der Waals surface area contributed by atoms with Crippen LogP contribution in [0, 0.1) is 13.8 Å². The summed E-state index contributed by atoms with van der Waals surface area (Å²) in [4.78, 5) is 0. The minimum absolute atomic E-state index is 0.567. The van der Waals surface area contributed by atoms with Crippen LogP contribution in [0.3, 0.4) is 0 Å². The topological polar surface area (TPSA) is 20.2 Å². The van der Waals surface area contributed by atoms with E-state index in [-0.39, 0.29) is 0 Å². The van der Waals surface area contributed by atoms with Crippen molar-refractivity contribution in [2.24, 2.45) is 0 Å². The van der Waals surface area contributed by atoms with Crippen molar-refractivity contribution in [1.82, 2.24) is 0 Å². The summed E-state index contributed by atoms with van der Waals surface area (Å²) < 4.78 is 0. The molecule has 0 radical (unpaired) electrons. The quantitative estimate of drug-likeness (QED) is 0.765. The third-order valence-electron chi connectivity index (χ3n) is 2.88. The Morgan fingerprint density at radius 3 is 2.71 bits per heavy atom. The van der Waals surface area contributed by atoms with Gasteiger partial charge in [-0.1, -0.05) is 23.8 Å². The molecule has 1 fully saturated rings. The van der Waals surface area contributed by atoms with Crippen LogP contribution in [-0.2, 0) is 5.60 Å². The molecular formula is C12H16OS. The third-order valence-corrected chi connectivity index (χ3v) is 4.06. The second kappa shape index (κ2) is 3.59. The normalized spacial score (nSPS) is 26.8. The fourth-order valence-electron chi connectivity index (χ4n) is 2.10. The number of rotatable bonds is 1. The molecule has 1 aromatic rings. The highest BCUT2D eigenvalue weighted by Crippen LogP contribution is 2.38. The Balaban J connectivity index is 2.40. The van der Waals surface area contributed by atoms with Crippen molar-refractivity contribution in [1.29, 1.82) is 0 Å². The predicted octanol–water partition coefficient (Wildman–Crippen LogP) is 2.63. The molecule has 1 nitrogen and oxygen atoms in total. The molecule has 2 rings (SSSR count). The summed E-state index contributed by atoms with van der Waals surface area (Å²) in [6.45, 7) is 4.17. The molecule has 1 saturated heterocycles. The lowest BCUT2D eigenvalue weighted by atomic mass is 9.89. The van der Waals surface area contributed by atoms with Crippen LogP contribution in [0.5, 0.6) is 0 Å². The van der Waals surface area contributed by atoms with E-state index in [1.807, 2.05) is 11.8 Å². The molecule has 0 amide bonds. The van der Waals surface area contributed by atoms with Crippen LogP contribution in [0.2, 0.25) is 0 Å². The van der Waals surface area contributed by atoms with Gasteiger partial charge >= 0.3 is 0 Å². The third kappa shape index (κ3) is 1.69. The molecule has 1 N–H and O–H groups in total. The smallest absolute Gasteiger partial charge is 0.0996 e. The first kappa shape index (κ1) is 10.1. The van der Waals surface area contributed by atoms with Gasteiger partial charge < -0.3 is 5.11 Å². The zero-order chi connectivity index (χ0) is 10.2. The van der Waals surface area contributed by atoms with Gasteiger partial charge in [0.05, 0.1) is 5.60 Å². The molecular weight excluding hydrogens is 192 g/mol. The Labute approximate surface area is 89.5 Å². The van der Waals surface area contributed by atoms with E-state index in [1.165, 1.54) is 11.1 Å². The Morgan fingerprint density at radius 2 is 2.14 bits per heavy atom. The molecule has 0 bridgehead atoms. The fourth-order valence-corrected chi connectivity index (χ4v) is 3.37. The molecule has 2 heteroatoms. The average Bonchev–Trinajstić information content (AvgIpc) is 2.52. The summed E-state index contributed by atoms with van der Waals surface area (Å²) in [5.41, 5.74) is 3.03. The van der Waals surface area contributed by atoms with Gasteiger partial charge in [-0.05, 0) is 37.1 Å². The van der Waals surface area contributed by atoms with Gasteiger partial charge in [-0.15, -0.1) is 0 Å². The van der Waals surface area contributed by atoms with Crippen LogP contribution >= 0.6 is 11.8 Å². The van der Waals surface area contributed by atoms with Crippen molar-refractivity contribution in [2.75, 3.05) is 11.5 Å². The van der Waals surface area contributed by atoms with Crippen LogP contribution in [0.1, 0.15) is 23.1 Å². The lowest BCUT2D eigenvalue weighted by Gasteiger charge is -2.24. The van der Waals surface area contributed by atoms with Crippen LogP contribution in [-0.4, -0.2) is 16.6 Å². The molecule has 1 heterocycles. The van der Waals surface area contributed by atoms with E-state index in [0.29, 0.717) is 0 Å². The van der Waals surface area contributed by atoms with E-state index in [4.69, 9.17) is 0 Å². The summed E-state index contributed by atoms with van der Waals surface area (Å²) in [5, 5.41) is 10.4. The standard InChI is InChI=1S/C12H16OS/c1-9-3-4-11(10(2)7-9)12(13)5-6-14-8-12/h3-4,7,13H,5-6,8H2,1-2H3. The Bertz CT molecular complexity index is 340. The predicted molar refractivity (Wildman–Crippen MR) is 61.8 cm³/mol. The number of hydrogen-bond acceptors (Lipinski definition) is 2. The molecule has 0 aromatic heterocycles. The second-order valence-corrected chi connectivity index (χ2v) is 5.26. The molecule has 1 aliphatic rings. The highest BCUT2D eigenvalue weighted by atomic mass is 32.2. The summed E-state index contributed by atoms with van der Waals surface area (Å²) in [6.07, 6.45) is 0.890. The van der Waals surface area contributed by atoms with Gasteiger partial charge in [0.15, 0.2) is 0 Å². The minimum atomic E-state index is -0.567. The monoisotopic (exact) mass is 208 g/mol. The van der Waals surface area contributed by atoms with Crippen LogP contribution in [0.15, 0.2) is 18.2 Å².